The molecule has 3 rings (SSSR count). The average Bonchev–Trinajstić information content (AvgIpc) is 2.89. The highest BCUT2D eigenvalue weighted by Gasteiger charge is 2.29. The first-order valence-electron chi connectivity index (χ1n) is 13.4. The summed E-state index contributed by atoms with van der Waals surface area (Å²) in [7, 11) is 0. The van der Waals surface area contributed by atoms with Crippen molar-refractivity contribution in [2.24, 2.45) is 5.73 Å². The number of nitrogens with two attached hydrogens (primary N) is 1. The monoisotopic (exact) mass is 578 g/mol. The summed E-state index contributed by atoms with van der Waals surface area (Å²) in [5, 5.41) is 21.8. The number of hydrogen-bond donors (Lipinski definition) is 5. The zero-order chi connectivity index (χ0) is 30.2. The summed E-state index contributed by atoms with van der Waals surface area (Å²) in [5.41, 5.74) is 5.90. The van der Waals surface area contributed by atoms with Crippen LogP contribution in [-0.4, -0.2) is 58.2 Å². The summed E-state index contributed by atoms with van der Waals surface area (Å²) in [6.07, 6.45) is -1.40. The van der Waals surface area contributed by atoms with Crippen LogP contribution in [-0.2, 0) is 20.8 Å². The van der Waals surface area contributed by atoms with Crippen molar-refractivity contribution in [2.75, 3.05) is 5.75 Å². The van der Waals surface area contributed by atoms with Gasteiger partial charge in [-0.05, 0) is 55.3 Å². The quantitative estimate of drug-likeness (QED) is 0.209. The predicted molar refractivity (Wildman–Crippen MR) is 161 cm³/mol. The number of thioether (sulfide) groups is 1. The molecule has 4 amide bonds. The van der Waals surface area contributed by atoms with Gasteiger partial charge in [0.2, 0.25) is 17.7 Å². The molecule has 10 heteroatoms. The molecule has 9 nitrogen and oxygen atoms in total. The van der Waals surface area contributed by atoms with E-state index in [9.17, 15) is 24.3 Å². The molecule has 0 saturated heterocycles. The molecular formula is C31H38N4O5S. The first-order valence-corrected chi connectivity index (χ1v) is 14.4. The molecule has 0 aromatic heterocycles. The van der Waals surface area contributed by atoms with Gasteiger partial charge in [-0.15, -0.1) is 11.8 Å². The number of nitrogens with one attached hydrogen (secondary N) is 3. The normalized spacial score (nSPS) is 13.6. The molecule has 6 N–H and O–H groups in total. The summed E-state index contributed by atoms with van der Waals surface area (Å²) in [6, 6.07) is 19.0. The van der Waals surface area contributed by atoms with E-state index in [4.69, 9.17) is 5.73 Å². The van der Waals surface area contributed by atoms with Crippen molar-refractivity contribution < 1.29 is 24.3 Å². The molecule has 218 valence electrons. The maximum atomic E-state index is 13.2. The third kappa shape index (κ3) is 9.91. The van der Waals surface area contributed by atoms with Gasteiger partial charge in [-0.1, -0.05) is 48.5 Å². The fourth-order valence-corrected chi connectivity index (χ4v) is 5.38. The largest absolute Gasteiger partial charge is 0.391 e. The standard InChI is InChI=1S/C31H38N4O5S/c1-19(36)33-25(17-28(32)38)30(40)34-26(18-41-23-14-13-20-9-5-6-10-21(20)15-23)27(37)16-22-11-7-8-12-24(22)29(39)35-31(2,3)4/h5-15,25-27,37H,16-18H2,1-4H3,(H2,32,38)(H,33,36)(H,34,40)(H,35,39)/t25-,26-,27+/m0/s1. The molecule has 3 atom stereocenters. The molecular weight excluding hydrogens is 540 g/mol. The van der Waals surface area contributed by atoms with Crippen LogP contribution in [0.2, 0.25) is 0 Å². The summed E-state index contributed by atoms with van der Waals surface area (Å²) >= 11 is 1.45. The fraction of sp³-hybridized carbons (Fsp3) is 0.355. The lowest BCUT2D eigenvalue weighted by atomic mass is 9.97. The van der Waals surface area contributed by atoms with E-state index in [1.807, 2.05) is 63.2 Å². The number of fused-ring (bicyclic) bond motifs is 1. The molecule has 0 unspecified atom stereocenters. The molecule has 0 aliphatic heterocycles. The number of aliphatic hydroxyl groups is 1. The lowest BCUT2D eigenvalue weighted by Crippen LogP contribution is -2.54. The topological polar surface area (TPSA) is 151 Å². The Kier molecular flexibility index (Phi) is 10.9. The third-order valence-electron chi connectivity index (χ3n) is 6.22. The van der Waals surface area contributed by atoms with E-state index in [0.29, 0.717) is 11.1 Å². The van der Waals surface area contributed by atoms with Crippen molar-refractivity contribution in [1.82, 2.24) is 16.0 Å². The number of benzene rings is 3. The number of carbonyl (C=O) groups is 4. The van der Waals surface area contributed by atoms with E-state index in [2.05, 4.69) is 16.0 Å². The van der Waals surface area contributed by atoms with E-state index in [1.54, 1.807) is 24.3 Å². The number of carbonyl (C=O) groups excluding carboxylic acids is 4. The molecule has 0 radical (unpaired) electrons. The maximum absolute atomic E-state index is 13.2. The second-order valence-corrected chi connectivity index (χ2v) is 12.1. The second kappa shape index (κ2) is 14.1. The first kappa shape index (κ1) is 31.6. The lowest BCUT2D eigenvalue weighted by Gasteiger charge is -2.27. The smallest absolute Gasteiger partial charge is 0.251 e. The molecule has 0 aliphatic rings. The van der Waals surface area contributed by atoms with Crippen LogP contribution in [0, 0.1) is 0 Å². The Balaban J connectivity index is 1.85. The number of aliphatic hydroxyl groups excluding tert-OH is 1. The van der Waals surface area contributed by atoms with Gasteiger partial charge >= 0.3 is 0 Å². The first-order chi connectivity index (χ1) is 19.3. The molecule has 0 heterocycles. The predicted octanol–water partition coefficient (Wildman–Crippen LogP) is 2.93. The molecule has 0 aliphatic carbocycles. The van der Waals surface area contributed by atoms with Gasteiger partial charge in [0.1, 0.15) is 6.04 Å². The van der Waals surface area contributed by atoms with Gasteiger partial charge in [-0.2, -0.15) is 0 Å². The van der Waals surface area contributed by atoms with E-state index < -0.39 is 41.4 Å². The van der Waals surface area contributed by atoms with Crippen molar-refractivity contribution >= 4 is 46.2 Å². The van der Waals surface area contributed by atoms with Crippen LogP contribution in [0.15, 0.2) is 71.6 Å². The number of rotatable bonds is 12. The molecule has 3 aromatic rings. The highest BCUT2D eigenvalue weighted by atomic mass is 32.2. The van der Waals surface area contributed by atoms with E-state index in [-0.39, 0.29) is 24.5 Å². The number of primary amides is 1. The highest BCUT2D eigenvalue weighted by molar-refractivity contribution is 7.99. The molecule has 0 spiro atoms. The SMILES string of the molecule is CC(=O)N[C@@H](CC(N)=O)C(=O)N[C@@H](CSc1ccc2ccccc2c1)[C@H](O)Cc1ccccc1C(=O)NC(C)(C)C. The second-order valence-electron chi connectivity index (χ2n) is 11.0. The minimum atomic E-state index is -1.18. The molecule has 41 heavy (non-hydrogen) atoms. The summed E-state index contributed by atoms with van der Waals surface area (Å²) in [4.78, 5) is 50.4. The van der Waals surface area contributed by atoms with E-state index in [0.717, 1.165) is 15.7 Å². The van der Waals surface area contributed by atoms with Crippen molar-refractivity contribution in [1.29, 1.82) is 0 Å². The Morgan fingerprint density at radius 3 is 2.24 bits per heavy atom. The minimum Gasteiger partial charge on any atom is -0.391 e. The van der Waals surface area contributed by atoms with Gasteiger partial charge in [0, 0.05) is 35.1 Å². The van der Waals surface area contributed by atoms with Crippen LogP contribution in [0.5, 0.6) is 0 Å². The molecule has 0 bridgehead atoms. The van der Waals surface area contributed by atoms with Crippen molar-refractivity contribution in [3.05, 3.63) is 77.9 Å². The Labute approximate surface area is 244 Å². The summed E-state index contributed by atoms with van der Waals surface area (Å²) in [5.74, 6) is -1.86. The van der Waals surface area contributed by atoms with Crippen LogP contribution in [0.3, 0.4) is 0 Å². The minimum absolute atomic E-state index is 0.0809. The van der Waals surface area contributed by atoms with E-state index in [1.165, 1.54) is 18.7 Å². The zero-order valence-electron chi connectivity index (χ0n) is 23.8. The fourth-order valence-electron chi connectivity index (χ4n) is 4.33. The Morgan fingerprint density at radius 2 is 1.59 bits per heavy atom. The third-order valence-corrected chi connectivity index (χ3v) is 7.33. The van der Waals surface area contributed by atoms with Crippen molar-refractivity contribution in [3.63, 3.8) is 0 Å². The van der Waals surface area contributed by atoms with Crippen molar-refractivity contribution in [3.8, 4) is 0 Å². The van der Waals surface area contributed by atoms with Gasteiger partial charge < -0.3 is 26.8 Å². The Morgan fingerprint density at radius 1 is 0.927 bits per heavy atom. The molecule has 3 aromatic carbocycles. The van der Waals surface area contributed by atoms with Crippen LogP contribution in [0.4, 0.5) is 0 Å². The Hall–Kier alpha value is -3.89. The maximum Gasteiger partial charge on any atom is 0.251 e. The van der Waals surface area contributed by atoms with E-state index >= 15 is 0 Å². The van der Waals surface area contributed by atoms with Crippen LogP contribution in [0.1, 0.15) is 50.0 Å². The lowest BCUT2D eigenvalue weighted by molar-refractivity contribution is -0.131. The van der Waals surface area contributed by atoms with Crippen LogP contribution < -0.4 is 21.7 Å². The van der Waals surface area contributed by atoms with Gasteiger partial charge in [0.05, 0.1) is 18.6 Å². The van der Waals surface area contributed by atoms with Gasteiger partial charge in [0.15, 0.2) is 0 Å². The Bertz CT molecular complexity index is 1390. The number of hydrogen-bond acceptors (Lipinski definition) is 6. The summed E-state index contributed by atoms with van der Waals surface area (Å²) < 4.78 is 0. The van der Waals surface area contributed by atoms with Crippen LogP contribution in [0.25, 0.3) is 10.8 Å². The van der Waals surface area contributed by atoms with Crippen molar-refractivity contribution in [2.45, 2.75) is 69.2 Å². The van der Waals surface area contributed by atoms with Gasteiger partial charge in [-0.3, -0.25) is 19.2 Å². The molecule has 0 fully saturated rings. The average molecular weight is 579 g/mol. The van der Waals surface area contributed by atoms with Gasteiger partial charge in [-0.25, -0.2) is 0 Å². The highest BCUT2D eigenvalue weighted by Crippen LogP contribution is 2.25. The number of amides is 4. The molecule has 0 saturated carbocycles. The van der Waals surface area contributed by atoms with Gasteiger partial charge in [0.25, 0.3) is 5.91 Å². The zero-order valence-corrected chi connectivity index (χ0v) is 24.6. The summed E-state index contributed by atoms with van der Waals surface area (Å²) in [6.45, 7) is 6.89. The van der Waals surface area contributed by atoms with Crippen LogP contribution >= 0.6 is 11.8 Å².